The van der Waals surface area contributed by atoms with Crippen LogP contribution in [0.15, 0.2) is 48.8 Å². The number of hydrogen-bond donors (Lipinski definition) is 1. The quantitative estimate of drug-likeness (QED) is 0.779. The van der Waals surface area contributed by atoms with E-state index in [4.69, 9.17) is 0 Å². The molecule has 0 saturated heterocycles. The fourth-order valence-electron chi connectivity index (χ4n) is 2.34. The van der Waals surface area contributed by atoms with Gasteiger partial charge in [-0.1, -0.05) is 18.2 Å². The van der Waals surface area contributed by atoms with Gasteiger partial charge in [-0.25, -0.2) is 22.5 Å². The van der Waals surface area contributed by atoms with Gasteiger partial charge < -0.3 is 4.57 Å². The van der Waals surface area contributed by atoms with E-state index in [1.54, 1.807) is 6.33 Å². The van der Waals surface area contributed by atoms with Crippen molar-refractivity contribution in [3.63, 3.8) is 0 Å². The smallest absolute Gasteiger partial charge is 0.216 e. The average molecular weight is 333 g/mol. The standard InChI is InChI=1S/C16H16FN3O2S/c1-20-11-18-15-8-13(4-7-16(15)20)9-19-23(21,22)10-12-2-5-14(17)6-3-12/h2-8,11,19H,9-10H2,1H3. The fraction of sp³-hybridized carbons (Fsp3) is 0.188. The topological polar surface area (TPSA) is 64.0 Å². The van der Waals surface area contributed by atoms with Gasteiger partial charge in [0.25, 0.3) is 0 Å². The molecule has 2 aromatic carbocycles. The van der Waals surface area contributed by atoms with Gasteiger partial charge in [-0.05, 0) is 35.4 Å². The molecule has 1 N–H and O–H groups in total. The molecule has 1 aromatic heterocycles. The second-order valence-electron chi connectivity index (χ2n) is 5.39. The van der Waals surface area contributed by atoms with E-state index in [0.717, 1.165) is 16.6 Å². The lowest BCUT2D eigenvalue weighted by atomic mass is 10.2. The first-order valence-corrected chi connectivity index (χ1v) is 8.70. The number of halogens is 1. The fourth-order valence-corrected chi connectivity index (χ4v) is 3.46. The molecule has 3 aromatic rings. The number of sulfonamides is 1. The molecule has 23 heavy (non-hydrogen) atoms. The molecule has 120 valence electrons. The third kappa shape index (κ3) is 3.75. The molecule has 0 aliphatic rings. The average Bonchev–Trinajstić information content (AvgIpc) is 2.88. The normalized spacial score (nSPS) is 11.9. The van der Waals surface area contributed by atoms with Gasteiger partial charge in [0.2, 0.25) is 10.0 Å². The minimum Gasteiger partial charge on any atom is -0.334 e. The molecule has 7 heteroatoms. The van der Waals surface area contributed by atoms with Crippen LogP contribution in [0.1, 0.15) is 11.1 Å². The molecule has 0 aliphatic carbocycles. The zero-order valence-electron chi connectivity index (χ0n) is 12.5. The summed E-state index contributed by atoms with van der Waals surface area (Å²) < 4.78 is 41.5. The molecule has 0 unspecified atom stereocenters. The SMILES string of the molecule is Cn1cnc2cc(CNS(=O)(=O)Cc3ccc(F)cc3)ccc21. The highest BCUT2D eigenvalue weighted by Gasteiger charge is 2.12. The van der Waals surface area contributed by atoms with Crippen molar-refractivity contribution in [3.05, 3.63) is 65.7 Å². The Bertz CT molecular complexity index is 934. The van der Waals surface area contributed by atoms with Crippen LogP contribution in [0.5, 0.6) is 0 Å². The third-order valence-corrected chi connectivity index (χ3v) is 4.85. The number of nitrogens with one attached hydrogen (secondary N) is 1. The summed E-state index contributed by atoms with van der Waals surface area (Å²) in [5.41, 5.74) is 3.18. The van der Waals surface area contributed by atoms with Gasteiger partial charge in [0.05, 0.1) is 23.1 Å². The van der Waals surface area contributed by atoms with Gasteiger partial charge in [0.1, 0.15) is 5.82 Å². The Hall–Kier alpha value is -2.25. The summed E-state index contributed by atoms with van der Waals surface area (Å²) in [4.78, 5) is 4.25. The summed E-state index contributed by atoms with van der Waals surface area (Å²) in [7, 11) is -1.59. The van der Waals surface area contributed by atoms with Crippen molar-refractivity contribution in [1.29, 1.82) is 0 Å². The van der Waals surface area contributed by atoms with Crippen LogP contribution in [0, 0.1) is 5.82 Å². The zero-order chi connectivity index (χ0) is 16.4. The van der Waals surface area contributed by atoms with Crippen molar-refractivity contribution in [2.75, 3.05) is 0 Å². The predicted molar refractivity (Wildman–Crippen MR) is 86.6 cm³/mol. The van der Waals surface area contributed by atoms with Gasteiger partial charge in [0, 0.05) is 13.6 Å². The van der Waals surface area contributed by atoms with Crippen LogP contribution in [-0.4, -0.2) is 18.0 Å². The Labute approximate surface area is 133 Å². The monoisotopic (exact) mass is 333 g/mol. The molecule has 0 spiro atoms. The van der Waals surface area contributed by atoms with E-state index in [1.807, 2.05) is 29.8 Å². The second kappa shape index (κ2) is 6.10. The summed E-state index contributed by atoms with van der Waals surface area (Å²) in [6.45, 7) is 0.191. The Morgan fingerprint density at radius 2 is 1.83 bits per heavy atom. The van der Waals surface area contributed by atoms with Gasteiger partial charge >= 0.3 is 0 Å². The number of hydrogen-bond acceptors (Lipinski definition) is 3. The lowest BCUT2D eigenvalue weighted by Gasteiger charge is -2.07. The molecule has 0 atom stereocenters. The molecular weight excluding hydrogens is 317 g/mol. The summed E-state index contributed by atoms with van der Waals surface area (Å²) in [6.07, 6.45) is 1.72. The van der Waals surface area contributed by atoms with Crippen molar-refractivity contribution in [3.8, 4) is 0 Å². The molecule has 0 amide bonds. The van der Waals surface area contributed by atoms with Gasteiger partial charge in [-0.15, -0.1) is 0 Å². The number of aryl methyl sites for hydroxylation is 1. The van der Waals surface area contributed by atoms with E-state index in [9.17, 15) is 12.8 Å². The van der Waals surface area contributed by atoms with Gasteiger partial charge in [0.15, 0.2) is 0 Å². The largest absolute Gasteiger partial charge is 0.334 e. The summed E-state index contributed by atoms with van der Waals surface area (Å²) in [6, 6.07) is 11.1. The Kier molecular flexibility index (Phi) is 4.14. The van der Waals surface area contributed by atoms with Crippen molar-refractivity contribution >= 4 is 21.1 Å². The predicted octanol–water partition coefficient (Wildman–Crippen LogP) is 2.33. The Morgan fingerprint density at radius 1 is 1.13 bits per heavy atom. The highest BCUT2D eigenvalue weighted by atomic mass is 32.2. The van der Waals surface area contributed by atoms with E-state index in [0.29, 0.717) is 5.56 Å². The number of fused-ring (bicyclic) bond motifs is 1. The van der Waals surface area contributed by atoms with Crippen molar-refractivity contribution in [2.24, 2.45) is 7.05 Å². The van der Waals surface area contributed by atoms with E-state index >= 15 is 0 Å². The summed E-state index contributed by atoms with van der Waals surface area (Å²) in [5.74, 6) is -0.568. The van der Waals surface area contributed by atoms with Crippen molar-refractivity contribution < 1.29 is 12.8 Å². The van der Waals surface area contributed by atoms with Crippen LogP contribution in [-0.2, 0) is 29.4 Å². The van der Waals surface area contributed by atoms with Crippen LogP contribution >= 0.6 is 0 Å². The molecule has 3 rings (SSSR count). The third-order valence-electron chi connectivity index (χ3n) is 3.56. The van der Waals surface area contributed by atoms with Crippen molar-refractivity contribution in [2.45, 2.75) is 12.3 Å². The first-order valence-electron chi connectivity index (χ1n) is 7.05. The highest BCUT2D eigenvalue weighted by Crippen LogP contribution is 2.14. The number of aromatic nitrogens is 2. The Balaban J connectivity index is 1.68. The van der Waals surface area contributed by atoms with Crippen LogP contribution in [0.4, 0.5) is 4.39 Å². The molecule has 5 nitrogen and oxygen atoms in total. The minimum atomic E-state index is -3.49. The zero-order valence-corrected chi connectivity index (χ0v) is 13.3. The second-order valence-corrected chi connectivity index (χ2v) is 7.19. The van der Waals surface area contributed by atoms with Crippen LogP contribution in [0.2, 0.25) is 0 Å². The van der Waals surface area contributed by atoms with Gasteiger partial charge in [-0.3, -0.25) is 0 Å². The molecule has 0 saturated carbocycles. The lowest BCUT2D eigenvalue weighted by molar-refractivity contribution is 0.580. The number of nitrogens with zero attached hydrogens (tertiary/aromatic N) is 2. The maximum absolute atomic E-state index is 12.8. The van der Waals surface area contributed by atoms with Crippen LogP contribution < -0.4 is 4.72 Å². The van der Waals surface area contributed by atoms with Crippen LogP contribution in [0.3, 0.4) is 0 Å². The number of rotatable bonds is 5. The summed E-state index contributed by atoms with van der Waals surface area (Å²) in [5, 5.41) is 0. The minimum absolute atomic E-state index is 0.181. The maximum atomic E-state index is 12.8. The first-order chi connectivity index (χ1) is 10.9. The molecule has 0 radical (unpaired) electrons. The summed E-state index contributed by atoms with van der Waals surface area (Å²) >= 11 is 0. The van der Waals surface area contributed by atoms with Crippen LogP contribution in [0.25, 0.3) is 11.0 Å². The first kappa shape index (κ1) is 15.6. The molecular formula is C16H16FN3O2S. The highest BCUT2D eigenvalue weighted by molar-refractivity contribution is 7.88. The van der Waals surface area contributed by atoms with E-state index in [-0.39, 0.29) is 18.1 Å². The van der Waals surface area contributed by atoms with Crippen molar-refractivity contribution in [1.82, 2.24) is 14.3 Å². The van der Waals surface area contributed by atoms with Gasteiger partial charge in [-0.2, -0.15) is 0 Å². The molecule has 0 bridgehead atoms. The van der Waals surface area contributed by atoms with E-state index < -0.39 is 10.0 Å². The molecule has 0 fully saturated rings. The van der Waals surface area contributed by atoms with E-state index in [1.165, 1.54) is 24.3 Å². The number of benzene rings is 2. The van der Waals surface area contributed by atoms with E-state index in [2.05, 4.69) is 9.71 Å². The molecule has 0 aliphatic heterocycles. The Morgan fingerprint density at radius 3 is 2.57 bits per heavy atom. The number of imidazole rings is 1. The molecule has 1 heterocycles. The lowest BCUT2D eigenvalue weighted by Crippen LogP contribution is -2.24. The maximum Gasteiger partial charge on any atom is 0.216 e.